The third-order valence-corrected chi connectivity index (χ3v) is 3.39. The Morgan fingerprint density at radius 1 is 1.35 bits per heavy atom. The van der Waals surface area contributed by atoms with E-state index in [4.69, 9.17) is 9.47 Å². The van der Waals surface area contributed by atoms with E-state index in [1.165, 1.54) is 30.8 Å². The van der Waals surface area contributed by atoms with Crippen molar-refractivity contribution >= 4 is 11.8 Å². The molecule has 1 saturated heterocycles. The Balaban J connectivity index is 1.71. The molecule has 1 amide bonds. The van der Waals surface area contributed by atoms with Crippen LogP contribution in [0.1, 0.15) is 19.8 Å². The molecule has 1 heterocycles. The van der Waals surface area contributed by atoms with Gasteiger partial charge in [-0.1, -0.05) is 6.07 Å². The average molecular weight is 279 g/mol. The minimum atomic E-state index is -0.405. The largest absolute Gasteiger partial charge is 0.494 e. The second-order valence-electron chi connectivity index (χ2n) is 4.93. The fraction of sp³-hybridized carbons (Fsp3) is 0.533. The number of anilines is 1. The number of quaternary nitrogens is 1. The summed E-state index contributed by atoms with van der Waals surface area (Å²) in [4.78, 5) is 13.2. The highest BCUT2D eigenvalue weighted by Gasteiger charge is 2.15. The lowest BCUT2D eigenvalue weighted by Gasteiger charge is -2.12. The van der Waals surface area contributed by atoms with Gasteiger partial charge in [-0.25, -0.2) is 4.79 Å². The molecule has 1 aromatic carbocycles. The molecule has 5 nitrogen and oxygen atoms in total. The van der Waals surface area contributed by atoms with Gasteiger partial charge in [0.1, 0.15) is 18.9 Å². The Bertz CT molecular complexity index is 431. The summed E-state index contributed by atoms with van der Waals surface area (Å²) in [6.07, 6.45) is 2.16. The third kappa shape index (κ3) is 4.74. The first-order chi connectivity index (χ1) is 9.78. The first-order valence-electron chi connectivity index (χ1n) is 7.28. The van der Waals surface area contributed by atoms with Crippen LogP contribution in [-0.4, -0.2) is 38.9 Å². The van der Waals surface area contributed by atoms with Gasteiger partial charge in [-0.3, -0.25) is 5.32 Å². The molecule has 110 valence electrons. The summed E-state index contributed by atoms with van der Waals surface area (Å²) in [5.41, 5.74) is 0.689. The molecule has 0 radical (unpaired) electrons. The molecule has 0 unspecified atom stereocenters. The summed E-state index contributed by atoms with van der Waals surface area (Å²) in [6, 6.07) is 7.30. The summed E-state index contributed by atoms with van der Waals surface area (Å²) < 4.78 is 10.6. The van der Waals surface area contributed by atoms with Crippen LogP contribution in [0.15, 0.2) is 24.3 Å². The van der Waals surface area contributed by atoms with E-state index >= 15 is 0 Å². The first kappa shape index (κ1) is 14.7. The number of hydrogen-bond acceptors (Lipinski definition) is 3. The number of ether oxygens (including phenoxy) is 2. The van der Waals surface area contributed by atoms with Gasteiger partial charge in [0.15, 0.2) is 0 Å². The molecule has 0 aromatic heterocycles. The van der Waals surface area contributed by atoms with Crippen LogP contribution in [0, 0.1) is 0 Å². The van der Waals surface area contributed by atoms with E-state index in [0.717, 1.165) is 12.3 Å². The zero-order valence-corrected chi connectivity index (χ0v) is 12.0. The number of nitrogens with one attached hydrogen (secondary N) is 2. The number of likely N-dealkylation sites (tertiary alicyclic amines) is 1. The van der Waals surface area contributed by atoms with E-state index in [-0.39, 0.29) is 0 Å². The Labute approximate surface area is 119 Å². The van der Waals surface area contributed by atoms with Gasteiger partial charge in [-0.15, -0.1) is 0 Å². The molecule has 2 N–H and O–H groups in total. The smallest absolute Gasteiger partial charge is 0.411 e. The molecule has 0 atom stereocenters. The monoisotopic (exact) mass is 279 g/mol. The molecule has 2 rings (SSSR count). The zero-order chi connectivity index (χ0) is 14.2. The molecule has 1 fully saturated rings. The normalized spacial score (nSPS) is 15.1. The van der Waals surface area contributed by atoms with Crippen LogP contribution < -0.4 is 15.0 Å². The fourth-order valence-corrected chi connectivity index (χ4v) is 2.40. The van der Waals surface area contributed by atoms with E-state index in [2.05, 4.69) is 5.32 Å². The van der Waals surface area contributed by atoms with E-state index < -0.39 is 6.09 Å². The molecule has 1 aliphatic rings. The van der Waals surface area contributed by atoms with Gasteiger partial charge in [-0.2, -0.15) is 0 Å². The third-order valence-electron chi connectivity index (χ3n) is 3.39. The number of amides is 1. The summed E-state index contributed by atoms with van der Waals surface area (Å²) in [5, 5.41) is 2.72. The first-order valence-corrected chi connectivity index (χ1v) is 7.28. The molecule has 5 heteroatoms. The number of carbonyl (C=O) groups excluding carboxylic acids is 1. The maximum atomic E-state index is 11.7. The Kier molecular flexibility index (Phi) is 5.68. The molecule has 0 bridgehead atoms. The SMILES string of the molecule is CCOc1cccc(NC(=O)OCC[NH+]2CCCC2)c1. The molecule has 20 heavy (non-hydrogen) atoms. The van der Waals surface area contributed by atoms with Gasteiger partial charge in [0.05, 0.1) is 19.7 Å². The number of carbonyl (C=O) groups is 1. The van der Waals surface area contributed by atoms with E-state index in [1.807, 2.05) is 25.1 Å². The van der Waals surface area contributed by atoms with Crippen molar-refractivity contribution < 1.29 is 19.2 Å². The van der Waals surface area contributed by atoms with Gasteiger partial charge >= 0.3 is 6.09 Å². The fourth-order valence-electron chi connectivity index (χ4n) is 2.40. The molecule has 1 aliphatic heterocycles. The Morgan fingerprint density at radius 3 is 2.90 bits per heavy atom. The van der Waals surface area contributed by atoms with Crippen LogP contribution in [0.3, 0.4) is 0 Å². The topological polar surface area (TPSA) is 52.0 Å². The second kappa shape index (κ2) is 7.75. The van der Waals surface area contributed by atoms with Crippen LogP contribution in [0.4, 0.5) is 10.5 Å². The van der Waals surface area contributed by atoms with Crippen molar-refractivity contribution in [3.8, 4) is 5.75 Å². The van der Waals surface area contributed by atoms with Crippen LogP contribution in [0.5, 0.6) is 5.75 Å². The van der Waals surface area contributed by atoms with Crippen molar-refractivity contribution in [1.82, 2.24) is 0 Å². The van der Waals surface area contributed by atoms with Gasteiger partial charge in [0, 0.05) is 24.6 Å². The highest BCUT2D eigenvalue weighted by molar-refractivity contribution is 5.84. The molecular formula is C15H23N2O3+. The number of benzene rings is 1. The standard InChI is InChI=1S/C15H22N2O3/c1-2-19-14-7-5-6-13(12-14)16-15(18)20-11-10-17-8-3-4-9-17/h5-7,12H,2-4,8-11H2,1H3,(H,16,18)/p+1. The van der Waals surface area contributed by atoms with Gasteiger partial charge < -0.3 is 14.4 Å². The van der Waals surface area contributed by atoms with Crippen molar-refractivity contribution in [2.75, 3.05) is 38.2 Å². The summed E-state index contributed by atoms with van der Waals surface area (Å²) in [7, 11) is 0. The van der Waals surface area contributed by atoms with Crippen molar-refractivity contribution in [3.63, 3.8) is 0 Å². The lowest BCUT2D eigenvalue weighted by molar-refractivity contribution is -0.887. The maximum absolute atomic E-state index is 11.7. The predicted octanol–water partition coefficient (Wildman–Crippen LogP) is 1.31. The highest BCUT2D eigenvalue weighted by atomic mass is 16.5. The van der Waals surface area contributed by atoms with Crippen LogP contribution in [0.25, 0.3) is 0 Å². The Hall–Kier alpha value is -1.75. The summed E-state index contributed by atoms with van der Waals surface area (Å²) in [5.74, 6) is 0.742. The lowest BCUT2D eigenvalue weighted by atomic mass is 10.3. The average Bonchev–Trinajstić information content (AvgIpc) is 2.93. The minimum Gasteiger partial charge on any atom is -0.494 e. The van der Waals surface area contributed by atoms with Crippen LogP contribution in [-0.2, 0) is 4.74 Å². The van der Waals surface area contributed by atoms with Gasteiger partial charge in [0.25, 0.3) is 0 Å². The van der Waals surface area contributed by atoms with Crippen molar-refractivity contribution in [2.24, 2.45) is 0 Å². The molecule has 0 aliphatic carbocycles. The minimum absolute atomic E-state index is 0.405. The van der Waals surface area contributed by atoms with Crippen LogP contribution >= 0.6 is 0 Å². The van der Waals surface area contributed by atoms with Crippen molar-refractivity contribution in [3.05, 3.63) is 24.3 Å². The van der Waals surface area contributed by atoms with E-state index in [1.54, 1.807) is 6.07 Å². The number of rotatable bonds is 6. The quantitative estimate of drug-likeness (QED) is 0.825. The summed E-state index contributed by atoms with van der Waals surface area (Å²) in [6.45, 7) is 6.28. The van der Waals surface area contributed by atoms with Gasteiger partial charge in [0.2, 0.25) is 0 Å². The number of hydrogen-bond donors (Lipinski definition) is 2. The second-order valence-corrected chi connectivity index (χ2v) is 4.93. The Morgan fingerprint density at radius 2 is 2.15 bits per heavy atom. The lowest BCUT2D eigenvalue weighted by Crippen LogP contribution is -3.10. The predicted molar refractivity (Wildman–Crippen MR) is 77.4 cm³/mol. The van der Waals surface area contributed by atoms with Crippen molar-refractivity contribution in [2.45, 2.75) is 19.8 Å². The maximum Gasteiger partial charge on any atom is 0.411 e. The van der Waals surface area contributed by atoms with Crippen molar-refractivity contribution in [1.29, 1.82) is 0 Å². The molecular weight excluding hydrogens is 256 g/mol. The van der Waals surface area contributed by atoms with E-state index in [9.17, 15) is 4.79 Å². The zero-order valence-electron chi connectivity index (χ0n) is 12.0. The molecule has 0 spiro atoms. The molecule has 1 aromatic rings. The summed E-state index contributed by atoms with van der Waals surface area (Å²) >= 11 is 0. The van der Waals surface area contributed by atoms with E-state index in [0.29, 0.717) is 18.9 Å². The highest BCUT2D eigenvalue weighted by Crippen LogP contribution is 2.17. The van der Waals surface area contributed by atoms with Gasteiger partial charge in [-0.05, 0) is 19.1 Å². The molecule has 0 saturated carbocycles. The van der Waals surface area contributed by atoms with Crippen LogP contribution in [0.2, 0.25) is 0 Å².